The molecule has 0 spiro atoms. The molecule has 0 saturated heterocycles. The second-order valence-corrected chi connectivity index (χ2v) is 5.66. The van der Waals surface area contributed by atoms with Gasteiger partial charge in [0.25, 0.3) is 5.91 Å². The van der Waals surface area contributed by atoms with Crippen molar-refractivity contribution in [3.8, 4) is 11.3 Å². The first kappa shape index (κ1) is 14.3. The highest BCUT2D eigenvalue weighted by Gasteiger charge is 2.40. The van der Waals surface area contributed by atoms with Gasteiger partial charge in [0.2, 0.25) is 5.91 Å². The molecule has 3 rings (SSSR count). The van der Waals surface area contributed by atoms with Gasteiger partial charge < -0.3 is 11.1 Å². The summed E-state index contributed by atoms with van der Waals surface area (Å²) in [4.78, 5) is 24.1. The quantitative estimate of drug-likeness (QED) is 0.799. The summed E-state index contributed by atoms with van der Waals surface area (Å²) in [6.45, 7) is 0. The van der Waals surface area contributed by atoms with Gasteiger partial charge in [0.1, 0.15) is 5.54 Å². The molecule has 114 valence electrons. The first-order chi connectivity index (χ1) is 10.6. The molecule has 0 aliphatic heterocycles. The molecule has 1 aliphatic carbocycles. The van der Waals surface area contributed by atoms with Crippen molar-refractivity contribution < 1.29 is 9.59 Å². The second-order valence-electron chi connectivity index (χ2n) is 5.66. The maximum absolute atomic E-state index is 12.4. The van der Waals surface area contributed by atoms with E-state index in [1.54, 1.807) is 18.3 Å². The number of nitrogens with one attached hydrogen (secondary N) is 2. The van der Waals surface area contributed by atoms with Crippen LogP contribution in [-0.2, 0) is 4.79 Å². The van der Waals surface area contributed by atoms with Crippen molar-refractivity contribution in [3.63, 3.8) is 0 Å². The van der Waals surface area contributed by atoms with Gasteiger partial charge >= 0.3 is 0 Å². The van der Waals surface area contributed by atoms with Crippen LogP contribution in [0.3, 0.4) is 0 Å². The van der Waals surface area contributed by atoms with E-state index in [0.717, 1.165) is 24.1 Å². The summed E-state index contributed by atoms with van der Waals surface area (Å²) in [5, 5.41) is 9.60. The first-order valence-corrected chi connectivity index (χ1v) is 7.33. The lowest BCUT2D eigenvalue weighted by molar-refractivity contribution is -0.123. The maximum Gasteiger partial charge on any atom is 0.252 e. The molecular weight excluding hydrogens is 280 g/mol. The number of nitrogens with zero attached hydrogens (tertiary/aromatic N) is 1. The molecule has 1 heterocycles. The number of nitrogens with two attached hydrogens (primary N) is 1. The van der Waals surface area contributed by atoms with Crippen molar-refractivity contribution in [2.45, 2.75) is 31.2 Å². The Kier molecular flexibility index (Phi) is 3.66. The molecule has 0 unspecified atom stereocenters. The SMILES string of the molecule is NC(=O)C1(NC(=O)c2ccc(-c3ccn[nH]3)cc2)CCCC1. The lowest BCUT2D eigenvalue weighted by atomic mass is 9.96. The summed E-state index contributed by atoms with van der Waals surface area (Å²) in [5.41, 5.74) is 6.93. The standard InChI is InChI=1S/C16H18N4O2/c17-15(22)16(8-1-2-9-16)19-14(21)12-5-3-11(4-6-12)13-7-10-18-20-13/h3-7,10H,1-2,8-9H2,(H2,17,22)(H,18,20)(H,19,21). The smallest absolute Gasteiger partial charge is 0.252 e. The third kappa shape index (κ3) is 2.59. The Morgan fingerprint density at radius 3 is 2.36 bits per heavy atom. The van der Waals surface area contributed by atoms with Gasteiger partial charge in [-0.25, -0.2) is 0 Å². The number of hydrogen-bond acceptors (Lipinski definition) is 3. The molecular formula is C16H18N4O2. The summed E-state index contributed by atoms with van der Waals surface area (Å²) in [6.07, 6.45) is 4.71. The van der Waals surface area contributed by atoms with E-state index in [2.05, 4.69) is 15.5 Å². The Morgan fingerprint density at radius 1 is 1.14 bits per heavy atom. The number of benzene rings is 1. The molecule has 22 heavy (non-hydrogen) atoms. The summed E-state index contributed by atoms with van der Waals surface area (Å²) in [5.74, 6) is -0.718. The zero-order valence-corrected chi connectivity index (χ0v) is 12.1. The molecule has 1 saturated carbocycles. The summed E-state index contributed by atoms with van der Waals surface area (Å²) in [7, 11) is 0. The predicted molar refractivity (Wildman–Crippen MR) is 81.9 cm³/mol. The highest BCUT2D eigenvalue weighted by Crippen LogP contribution is 2.29. The van der Waals surface area contributed by atoms with Crippen LogP contribution in [0.5, 0.6) is 0 Å². The van der Waals surface area contributed by atoms with Crippen LogP contribution < -0.4 is 11.1 Å². The molecule has 1 fully saturated rings. The summed E-state index contributed by atoms with van der Waals surface area (Å²) < 4.78 is 0. The van der Waals surface area contributed by atoms with E-state index < -0.39 is 11.4 Å². The van der Waals surface area contributed by atoms with Crippen LogP contribution in [0.15, 0.2) is 36.5 Å². The van der Waals surface area contributed by atoms with Crippen LogP contribution in [-0.4, -0.2) is 27.6 Å². The normalized spacial score (nSPS) is 16.4. The fourth-order valence-electron chi connectivity index (χ4n) is 2.92. The van der Waals surface area contributed by atoms with Gasteiger partial charge in [0, 0.05) is 11.8 Å². The molecule has 1 aromatic heterocycles. The molecule has 1 aliphatic rings. The monoisotopic (exact) mass is 298 g/mol. The average Bonchev–Trinajstić information content (AvgIpc) is 3.19. The molecule has 4 N–H and O–H groups in total. The van der Waals surface area contributed by atoms with Crippen LogP contribution in [0.25, 0.3) is 11.3 Å². The van der Waals surface area contributed by atoms with Crippen LogP contribution in [0, 0.1) is 0 Å². The highest BCUT2D eigenvalue weighted by atomic mass is 16.2. The summed E-state index contributed by atoms with van der Waals surface area (Å²) in [6, 6.07) is 9.00. The van der Waals surface area contributed by atoms with E-state index >= 15 is 0 Å². The number of primary amides is 1. The largest absolute Gasteiger partial charge is 0.368 e. The molecule has 6 heteroatoms. The number of carbonyl (C=O) groups is 2. The third-order valence-corrected chi connectivity index (χ3v) is 4.24. The third-order valence-electron chi connectivity index (χ3n) is 4.24. The number of carbonyl (C=O) groups excluding carboxylic acids is 2. The van der Waals surface area contributed by atoms with Gasteiger partial charge in [-0.05, 0) is 36.6 Å². The van der Waals surface area contributed by atoms with Gasteiger partial charge in [0.15, 0.2) is 0 Å². The van der Waals surface area contributed by atoms with E-state index in [1.165, 1.54) is 0 Å². The number of amides is 2. The van der Waals surface area contributed by atoms with Gasteiger partial charge in [-0.3, -0.25) is 14.7 Å². The van der Waals surface area contributed by atoms with Crippen molar-refractivity contribution in [2.75, 3.05) is 0 Å². The first-order valence-electron chi connectivity index (χ1n) is 7.33. The molecule has 0 radical (unpaired) electrons. The van der Waals surface area contributed by atoms with E-state index in [1.807, 2.05) is 18.2 Å². The fraction of sp³-hybridized carbons (Fsp3) is 0.312. The number of aromatic amines is 1. The van der Waals surface area contributed by atoms with Gasteiger partial charge in [-0.1, -0.05) is 25.0 Å². The van der Waals surface area contributed by atoms with Gasteiger partial charge in [-0.2, -0.15) is 5.10 Å². The lowest BCUT2D eigenvalue weighted by Gasteiger charge is -2.26. The molecule has 2 aromatic rings. The number of H-pyrrole nitrogens is 1. The van der Waals surface area contributed by atoms with Crippen molar-refractivity contribution >= 4 is 11.8 Å². The van der Waals surface area contributed by atoms with Crippen molar-refractivity contribution in [3.05, 3.63) is 42.1 Å². The van der Waals surface area contributed by atoms with Crippen LogP contribution in [0.1, 0.15) is 36.0 Å². The Labute approximate surface area is 128 Å². The Hall–Kier alpha value is -2.63. The Bertz CT molecular complexity index is 671. The minimum absolute atomic E-state index is 0.267. The average molecular weight is 298 g/mol. The molecule has 1 aromatic carbocycles. The minimum atomic E-state index is -0.890. The lowest BCUT2D eigenvalue weighted by Crippen LogP contribution is -2.55. The van der Waals surface area contributed by atoms with Gasteiger partial charge in [0.05, 0.1) is 5.69 Å². The maximum atomic E-state index is 12.4. The summed E-state index contributed by atoms with van der Waals surface area (Å²) >= 11 is 0. The fourth-order valence-corrected chi connectivity index (χ4v) is 2.92. The van der Waals surface area contributed by atoms with Crippen molar-refractivity contribution in [1.82, 2.24) is 15.5 Å². The van der Waals surface area contributed by atoms with Crippen molar-refractivity contribution in [2.24, 2.45) is 5.73 Å². The predicted octanol–water partition coefficient (Wildman–Crippen LogP) is 1.60. The zero-order valence-electron chi connectivity index (χ0n) is 12.1. The van der Waals surface area contributed by atoms with Crippen LogP contribution >= 0.6 is 0 Å². The van der Waals surface area contributed by atoms with E-state index in [9.17, 15) is 9.59 Å². The number of rotatable bonds is 4. The van der Waals surface area contributed by atoms with Crippen LogP contribution in [0.2, 0.25) is 0 Å². The van der Waals surface area contributed by atoms with E-state index in [4.69, 9.17) is 5.73 Å². The van der Waals surface area contributed by atoms with E-state index in [-0.39, 0.29) is 5.91 Å². The molecule has 0 atom stereocenters. The van der Waals surface area contributed by atoms with E-state index in [0.29, 0.717) is 18.4 Å². The zero-order chi connectivity index (χ0) is 15.6. The molecule has 2 amide bonds. The molecule has 0 bridgehead atoms. The topological polar surface area (TPSA) is 101 Å². The molecule has 6 nitrogen and oxygen atoms in total. The Morgan fingerprint density at radius 2 is 1.82 bits per heavy atom. The second kappa shape index (κ2) is 5.63. The number of hydrogen-bond donors (Lipinski definition) is 3. The van der Waals surface area contributed by atoms with Crippen molar-refractivity contribution in [1.29, 1.82) is 0 Å². The number of aromatic nitrogens is 2. The van der Waals surface area contributed by atoms with Gasteiger partial charge in [-0.15, -0.1) is 0 Å². The highest BCUT2D eigenvalue weighted by molar-refractivity contribution is 5.99. The minimum Gasteiger partial charge on any atom is -0.368 e. The van der Waals surface area contributed by atoms with Crippen LogP contribution in [0.4, 0.5) is 0 Å². The Balaban J connectivity index is 1.76.